The standard InChI is InChI=1S/C12H12Cl2N2O2/c13-9-2-1-3-10(14)8(9)6-16-5-7(12(15)18)4-11(16)17/h1-3,7H,4-6H2,(H2,15,18). The average molecular weight is 287 g/mol. The number of nitrogens with two attached hydrogens (primary N) is 1. The molecular weight excluding hydrogens is 275 g/mol. The molecule has 4 nitrogen and oxygen atoms in total. The first-order valence-corrected chi connectivity index (χ1v) is 6.24. The zero-order valence-electron chi connectivity index (χ0n) is 9.53. The van der Waals surface area contributed by atoms with Gasteiger partial charge in [-0.05, 0) is 12.1 Å². The Bertz CT molecular complexity index is 485. The minimum Gasteiger partial charge on any atom is -0.369 e. The van der Waals surface area contributed by atoms with E-state index >= 15 is 0 Å². The Kier molecular flexibility index (Phi) is 3.78. The van der Waals surface area contributed by atoms with Crippen LogP contribution in [0, 0.1) is 5.92 Å². The summed E-state index contributed by atoms with van der Waals surface area (Å²) < 4.78 is 0. The minimum absolute atomic E-state index is 0.102. The smallest absolute Gasteiger partial charge is 0.223 e. The monoisotopic (exact) mass is 286 g/mol. The van der Waals surface area contributed by atoms with Gasteiger partial charge in [0.1, 0.15) is 0 Å². The molecular formula is C12H12Cl2N2O2. The first-order chi connectivity index (χ1) is 8.49. The van der Waals surface area contributed by atoms with Gasteiger partial charge in [-0.25, -0.2) is 0 Å². The Morgan fingerprint density at radius 3 is 2.50 bits per heavy atom. The van der Waals surface area contributed by atoms with E-state index in [1.54, 1.807) is 23.1 Å². The van der Waals surface area contributed by atoms with Crippen LogP contribution in [0.3, 0.4) is 0 Å². The highest BCUT2D eigenvalue weighted by molar-refractivity contribution is 6.36. The van der Waals surface area contributed by atoms with Gasteiger partial charge in [-0.1, -0.05) is 29.3 Å². The highest BCUT2D eigenvalue weighted by Crippen LogP contribution is 2.28. The van der Waals surface area contributed by atoms with E-state index in [0.29, 0.717) is 28.7 Å². The fraction of sp³-hybridized carbons (Fsp3) is 0.333. The van der Waals surface area contributed by atoms with E-state index in [1.165, 1.54) is 0 Å². The molecule has 1 fully saturated rings. The Morgan fingerprint density at radius 1 is 1.39 bits per heavy atom. The Balaban J connectivity index is 2.15. The summed E-state index contributed by atoms with van der Waals surface area (Å²) >= 11 is 12.1. The van der Waals surface area contributed by atoms with Gasteiger partial charge in [-0.15, -0.1) is 0 Å². The number of rotatable bonds is 3. The molecule has 6 heteroatoms. The number of amides is 2. The minimum atomic E-state index is -0.448. The fourth-order valence-electron chi connectivity index (χ4n) is 1.99. The Hall–Kier alpha value is -1.26. The molecule has 0 aromatic heterocycles. The Morgan fingerprint density at radius 2 is 2.00 bits per heavy atom. The van der Waals surface area contributed by atoms with Crippen LogP contribution in [0.2, 0.25) is 10.0 Å². The lowest BCUT2D eigenvalue weighted by Crippen LogP contribution is -2.28. The van der Waals surface area contributed by atoms with Gasteiger partial charge < -0.3 is 10.6 Å². The summed E-state index contributed by atoms with van der Waals surface area (Å²) in [6, 6.07) is 5.18. The van der Waals surface area contributed by atoms with E-state index in [2.05, 4.69) is 0 Å². The summed E-state index contributed by atoms with van der Waals surface area (Å²) in [5.74, 6) is -0.968. The van der Waals surface area contributed by atoms with Gasteiger partial charge in [-0.3, -0.25) is 9.59 Å². The number of likely N-dealkylation sites (tertiary alicyclic amines) is 1. The Labute approximate surface area is 115 Å². The molecule has 2 amide bonds. The van der Waals surface area contributed by atoms with Crippen molar-refractivity contribution in [1.82, 2.24) is 4.90 Å². The first-order valence-electron chi connectivity index (χ1n) is 5.49. The molecule has 1 heterocycles. The van der Waals surface area contributed by atoms with Crippen molar-refractivity contribution in [2.45, 2.75) is 13.0 Å². The number of hydrogen-bond acceptors (Lipinski definition) is 2. The molecule has 96 valence electrons. The molecule has 0 spiro atoms. The van der Waals surface area contributed by atoms with Crippen LogP contribution in [0.5, 0.6) is 0 Å². The van der Waals surface area contributed by atoms with Crippen molar-refractivity contribution in [1.29, 1.82) is 0 Å². The van der Waals surface area contributed by atoms with Crippen LogP contribution in [0.15, 0.2) is 18.2 Å². The third-order valence-electron chi connectivity index (χ3n) is 3.03. The maximum Gasteiger partial charge on any atom is 0.223 e. The van der Waals surface area contributed by atoms with Crippen molar-refractivity contribution in [3.05, 3.63) is 33.8 Å². The van der Waals surface area contributed by atoms with Crippen LogP contribution in [-0.4, -0.2) is 23.3 Å². The molecule has 1 atom stereocenters. The van der Waals surface area contributed by atoms with Crippen molar-refractivity contribution in [3.63, 3.8) is 0 Å². The lowest BCUT2D eigenvalue weighted by Gasteiger charge is -2.17. The maximum atomic E-state index is 11.7. The van der Waals surface area contributed by atoms with Gasteiger partial charge in [0.15, 0.2) is 0 Å². The molecule has 1 aromatic rings. The van der Waals surface area contributed by atoms with Gasteiger partial charge in [0.05, 0.1) is 5.92 Å². The van der Waals surface area contributed by atoms with Crippen LogP contribution >= 0.6 is 23.2 Å². The second-order valence-corrected chi connectivity index (χ2v) is 5.09. The molecule has 2 N–H and O–H groups in total. The van der Waals surface area contributed by atoms with E-state index in [-0.39, 0.29) is 12.3 Å². The number of carbonyl (C=O) groups excluding carboxylic acids is 2. The number of primary amides is 1. The second kappa shape index (κ2) is 5.16. The molecule has 18 heavy (non-hydrogen) atoms. The molecule has 0 saturated carbocycles. The van der Waals surface area contributed by atoms with E-state index in [1.807, 2.05) is 0 Å². The number of halogens is 2. The van der Waals surface area contributed by atoms with Gasteiger partial charge in [-0.2, -0.15) is 0 Å². The summed E-state index contributed by atoms with van der Waals surface area (Å²) in [5.41, 5.74) is 5.90. The molecule has 1 aromatic carbocycles. The van der Waals surface area contributed by atoms with Crippen LogP contribution in [0.1, 0.15) is 12.0 Å². The first kappa shape index (κ1) is 13.2. The van der Waals surface area contributed by atoms with Crippen molar-refractivity contribution < 1.29 is 9.59 Å². The van der Waals surface area contributed by atoms with Gasteiger partial charge in [0.25, 0.3) is 0 Å². The topological polar surface area (TPSA) is 63.4 Å². The number of carbonyl (C=O) groups is 2. The molecule has 1 saturated heterocycles. The number of nitrogens with zero attached hydrogens (tertiary/aromatic N) is 1. The second-order valence-electron chi connectivity index (χ2n) is 4.28. The molecule has 1 aliphatic heterocycles. The molecule has 1 unspecified atom stereocenters. The lowest BCUT2D eigenvalue weighted by atomic mass is 10.1. The van der Waals surface area contributed by atoms with Gasteiger partial charge in [0.2, 0.25) is 11.8 Å². The number of benzene rings is 1. The van der Waals surface area contributed by atoms with E-state index < -0.39 is 11.8 Å². The maximum absolute atomic E-state index is 11.7. The van der Waals surface area contributed by atoms with Crippen molar-refractivity contribution >= 4 is 35.0 Å². The summed E-state index contributed by atoms with van der Waals surface area (Å²) in [5, 5.41) is 1.02. The van der Waals surface area contributed by atoms with Crippen LogP contribution in [0.25, 0.3) is 0 Å². The summed E-state index contributed by atoms with van der Waals surface area (Å²) in [6.07, 6.45) is 0.164. The molecule has 2 rings (SSSR count). The van der Waals surface area contributed by atoms with E-state index in [0.717, 1.165) is 0 Å². The van der Waals surface area contributed by atoms with E-state index in [4.69, 9.17) is 28.9 Å². The zero-order valence-corrected chi connectivity index (χ0v) is 11.0. The highest BCUT2D eigenvalue weighted by Gasteiger charge is 2.33. The SMILES string of the molecule is NC(=O)C1CC(=O)N(Cc2c(Cl)cccc2Cl)C1. The molecule has 0 bridgehead atoms. The lowest BCUT2D eigenvalue weighted by molar-refractivity contribution is -0.128. The van der Waals surface area contributed by atoms with Crippen LogP contribution in [0.4, 0.5) is 0 Å². The van der Waals surface area contributed by atoms with Crippen molar-refractivity contribution in [3.8, 4) is 0 Å². The average Bonchev–Trinajstić information content (AvgIpc) is 2.66. The molecule has 0 aliphatic carbocycles. The number of hydrogen-bond donors (Lipinski definition) is 1. The predicted octanol–water partition coefficient (Wildman–Crippen LogP) is 1.83. The highest BCUT2D eigenvalue weighted by atomic mass is 35.5. The largest absolute Gasteiger partial charge is 0.369 e. The summed E-state index contributed by atoms with van der Waals surface area (Å²) in [4.78, 5) is 24.4. The zero-order chi connectivity index (χ0) is 13.3. The van der Waals surface area contributed by atoms with Crippen LogP contribution < -0.4 is 5.73 Å². The molecule has 1 aliphatic rings. The predicted molar refractivity (Wildman–Crippen MR) is 69.2 cm³/mol. The third-order valence-corrected chi connectivity index (χ3v) is 3.74. The van der Waals surface area contributed by atoms with Crippen molar-refractivity contribution in [2.75, 3.05) is 6.54 Å². The third kappa shape index (κ3) is 2.60. The van der Waals surface area contributed by atoms with Crippen molar-refractivity contribution in [2.24, 2.45) is 11.7 Å². The summed E-state index contributed by atoms with van der Waals surface area (Å²) in [7, 11) is 0. The summed E-state index contributed by atoms with van der Waals surface area (Å²) in [6.45, 7) is 0.636. The molecule has 0 radical (unpaired) electrons. The van der Waals surface area contributed by atoms with Gasteiger partial charge >= 0.3 is 0 Å². The fourth-order valence-corrected chi connectivity index (χ4v) is 2.51. The normalized spacial score (nSPS) is 19.3. The quantitative estimate of drug-likeness (QED) is 0.921. The van der Waals surface area contributed by atoms with Gasteiger partial charge in [0, 0.05) is 35.1 Å². The van der Waals surface area contributed by atoms with Crippen LogP contribution in [-0.2, 0) is 16.1 Å². The van der Waals surface area contributed by atoms with E-state index in [9.17, 15) is 9.59 Å².